The number of rotatable bonds is 4. The van der Waals surface area contributed by atoms with E-state index in [4.69, 9.17) is 5.73 Å². The van der Waals surface area contributed by atoms with Crippen LogP contribution in [0, 0.1) is 5.82 Å². The first-order valence-electron chi connectivity index (χ1n) is 5.88. The molecule has 4 heteroatoms. The number of nitrogens with two attached hydrogens (primary N) is 1. The zero-order valence-electron chi connectivity index (χ0n) is 9.90. The lowest BCUT2D eigenvalue weighted by molar-refractivity contribution is -0.133. The highest BCUT2D eigenvalue weighted by molar-refractivity contribution is 5.81. The van der Waals surface area contributed by atoms with E-state index in [0.717, 1.165) is 18.4 Å². The molecular formula is C13H17FN2O. The van der Waals surface area contributed by atoms with Gasteiger partial charge in [0, 0.05) is 12.6 Å². The van der Waals surface area contributed by atoms with Gasteiger partial charge in [-0.2, -0.15) is 0 Å². The van der Waals surface area contributed by atoms with Crippen LogP contribution in [0.3, 0.4) is 0 Å². The van der Waals surface area contributed by atoms with Crippen molar-refractivity contribution in [3.63, 3.8) is 0 Å². The lowest BCUT2D eigenvalue weighted by atomic mass is 10.2. The Morgan fingerprint density at radius 2 is 2.06 bits per heavy atom. The highest BCUT2D eigenvalue weighted by atomic mass is 19.1. The monoisotopic (exact) mass is 236 g/mol. The molecule has 0 heterocycles. The first-order valence-corrected chi connectivity index (χ1v) is 5.88. The molecule has 1 atom stereocenters. The Hall–Kier alpha value is -1.42. The molecule has 1 aromatic carbocycles. The molecule has 0 aliphatic heterocycles. The summed E-state index contributed by atoms with van der Waals surface area (Å²) in [5.41, 5.74) is 6.57. The molecule has 1 saturated carbocycles. The highest BCUT2D eigenvalue weighted by Gasteiger charge is 2.33. The predicted octanol–water partition coefficient (Wildman–Crippen LogP) is 1.66. The van der Waals surface area contributed by atoms with E-state index in [-0.39, 0.29) is 11.7 Å². The second-order valence-electron chi connectivity index (χ2n) is 4.61. The fraction of sp³-hybridized carbons (Fsp3) is 0.462. The minimum atomic E-state index is -0.476. The second-order valence-corrected chi connectivity index (χ2v) is 4.61. The number of halogens is 1. The summed E-state index contributed by atoms with van der Waals surface area (Å²) < 4.78 is 12.8. The van der Waals surface area contributed by atoms with Crippen LogP contribution in [0.15, 0.2) is 24.3 Å². The van der Waals surface area contributed by atoms with Crippen LogP contribution in [0.5, 0.6) is 0 Å². The van der Waals surface area contributed by atoms with E-state index in [9.17, 15) is 9.18 Å². The molecule has 1 aliphatic rings. The molecule has 1 aliphatic carbocycles. The molecule has 1 amide bonds. The Balaban J connectivity index is 2.07. The van der Waals surface area contributed by atoms with Crippen LogP contribution in [-0.4, -0.2) is 22.9 Å². The van der Waals surface area contributed by atoms with Gasteiger partial charge in [0.1, 0.15) is 5.82 Å². The quantitative estimate of drug-likeness (QED) is 0.864. The first-order chi connectivity index (χ1) is 8.08. The van der Waals surface area contributed by atoms with Crippen molar-refractivity contribution in [2.75, 3.05) is 0 Å². The first kappa shape index (κ1) is 12.0. The zero-order chi connectivity index (χ0) is 12.4. The highest BCUT2D eigenvalue weighted by Crippen LogP contribution is 2.28. The average molecular weight is 236 g/mol. The molecule has 1 aromatic rings. The van der Waals surface area contributed by atoms with Gasteiger partial charge in [-0.05, 0) is 37.5 Å². The molecule has 1 fully saturated rings. The Morgan fingerprint density at radius 3 is 2.53 bits per heavy atom. The van der Waals surface area contributed by atoms with Gasteiger partial charge < -0.3 is 10.6 Å². The fourth-order valence-electron chi connectivity index (χ4n) is 1.82. The summed E-state index contributed by atoms with van der Waals surface area (Å²) in [5, 5.41) is 0. The van der Waals surface area contributed by atoms with Crippen LogP contribution >= 0.6 is 0 Å². The van der Waals surface area contributed by atoms with Gasteiger partial charge in [0.05, 0.1) is 6.04 Å². The molecule has 17 heavy (non-hydrogen) atoms. The minimum Gasteiger partial charge on any atom is -0.334 e. The summed E-state index contributed by atoms with van der Waals surface area (Å²) in [7, 11) is 0. The number of benzene rings is 1. The van der Waals surface area contributed by atoms with Crippen molar-refractivity contribution in [3.8, 4) is 0 Å². The molecule has 0 saturated heterocycles. The fourth-order valence-corrected chi connectivity index (χ4v) is 1.82. The standard InChI is InChI=1S/C13H17FN2O/c1-9(15)13(17)16(12-6-7-12)8-10-2-4-11(14)5-3-10/h2-5,9,12H,6-8,15H2,1H3/t9-/m1/s1. The molecule has 0 bridgehead atoms. The number of hydrogen-bond acceptors (Lipinski definition) is 2. The van der Waals surface area contributed by atoms with Crippen molar-refractivity contribution in [1.82, 2.24) is 4.90 Å². The molecule has 92 valence electrons. The Morgan fingerprint density at radius 1 is 1.47 bits per heavy atom. The largest absolute Gasteiger partial charge is 0.334 e. The van der Waals surface area contributed by atoms with Crippen LogP contribution in [0.25, 0.3) is 0 Å². The van der Waals surface area contributed by atoms with Gasteiger partial charge in [-0.15, -0.1) is 0 Å². The topological polar surface area (TPSA) is 46.3 Å². The third-order valence-corrected chi connectivity index (χ3v) is 2.93. The second kappa shape index (κ2) is 4.84. The van der Waals surface area contributed by atoms with Crippen LogP contribution in [0.2, 0.25) is 0 Å². The van der Waals surface area contributed by atoms with Crippen molar-refractivity contribution < 1.29 is 9.18 Å². The SMILES string of the molecule is C[C@@H](N)C(=O)N(Cc1ccc(F)cc1)C1CC1. The van der Waals surface area contributed by atoms with E-state index in [2.05, 4.69) is 0 Å². The van der Waals surface area contributed by atoms with Crippen molar-refractivity contribution in [3.05, 3.63) is 35.6 Å². The van der Waals surface area contributed by atoms with Gasteiger partial charge in [-0.1, -0.05) is 12.1 Å². The Labute approximate surface area is 100 Å². The molecule has 2 N–H and O–H groups in total. The zero-order valence-corrected chi connectivity index (χ0v) is 9.90. The van der Waals surface area contributed by atoms with Gasteiger partial charge in [0.15, 0.2) is 0 Å². The number of hydrogen-bond donors (Lipinski definition) is 1. The van der Waals surface area contributed by atoms with Gasteiger partial charge in [-0.3, -0.25) is 4.79 Å². The summed E-state index contributed by atoms with van der Waals surface area (Å²) in [4.78, 5) is 13.7. The van der Waals surface area contributed by atoms with E-state index < -0.39 is 6.04 Å². The summed E-state index contributed by atoms with van der Waals surface area (Å²) in [6.07, 6.45) is 2.08. The third kappa shape index (κ3) is 3.03. The molecule has 0 unspecified atom stereocenters. The smallest absolute Gasteiger partial charge is 0.239 e. The molecule has 2 rings (SSSR count). The van der Waals surface area contributed by atoms with Crippen LogP contribution < -0.4 is 5.73 Å². The molecular weight excluding hydrogens is 219 g/mol. The van der Waals surface area contributed by atoms with Crippen LogP contribution in [0.4, 0.5) is 4.39 Å². The molecule has 0 aromatic heterocycles. The Bertz CT molecular complexity index is 398. The molecule has 3 nitrogen and oxygen atoms in total. The minimum absolute atomic E-state index is 0.0307. The van der Waals surface area contributed by atoms with E-state index in [1.165, 1.54) is 12.1 Å². The molecule has 0 radical (unpaired) electrons. The number of amides is 1. The summed E-state index contributed by atoms with van der Waals surface area (Å²) >= 11 is 0. The number of carbonyl (C=O) groups is 1. The van der Waals surface area contributed by atoms with Crippen LogP contribution in [0.1, 0.15) is 25.3 Å². The van der Waals surface area contributed by atoms with E-state index in [0.29, 0.717) is 12.6 Å². The van der Waals surface area contributed by atoms with Crippen molar-refractivity contribution in [2.24, 2.45) is 5.73 Å². The third-order valence-electron chi connectivity index (χ3n) is 2.93. The maximum absolute atomic E-state index is 12.8. The lowest BCUT2D eigenvalue weighted by Crippen LogP contribution is -2.42. The van der Waals surface area contributed by atoms with Gasteiger partial charge >= 0.3 is 0 Å². The summed E-state index contributed by atoms with van der Waals surface area (Å²) in [6, 6.07) is 6.08. The van der Waals surface area contributed by atoms with Crippen molar-refractivity contribution in [2.45, 2.75) is 38.4 Å². The summed E-state index contributed by atoms with van der Waals surface area (Å²) in [5.74, 6) is -0.290. The average Bonchev–Trinajstić information content (AvgIpc) is 3.11. The van der Waals surface area contributed by atoms with Gasteiger partial charge in [0.25, 0.3) is 0 Å². The maximum atomic E-state index is 12.8. The van der Waals surface area contributed by atoms with Crippen LogP contribution in [-0.2, 0) is 11.3 Å². The van der Waals surface area contributed by atoms with E-state index in [1.54, 1.807) is 24.0 Å². The van der Waals surface area contributed by atoms with E-state index >= 15 is 0 Å². The maximum Gasteiger partial charge on any atom is 0.239 e. The normalized spacial score (nSPS) is 16.6. The predicted molar refractivity (Wildman–Crippen MR) is 63.6 cm³/mol. The van der Waals surface area contributed by atoms with Gasteiger partial charge in [0.2, 0.25) is 5.91 Å². The number of nitrogens with zero attached hydrogens (tertiary/aromatic N) is 1. The van der Waals surface area contributed by atoms with Crippen molar-refractivity contribution in [1.29, 1.82) is 0 Å². The lowest BCUT2D eigenvalue weighted by Gasteiger charge is -2.24. The number of carbonyl (C=O) groups excluding carboxylic acids is 1. The summed E-state index contributed by atoms with van der Waals surface area (Å²) in [6.45, 7) is 2.22. The van der Waals surface area contributed by atoms with E-state index in [1.807, 2.05) is 0 Å². The van der Waals surface area contributed by atoms with Crippen molar-refractivity contribution >= 4 is 5.91 Å². The molecule has 0 spiro atoms. The Kier molecular flexibility index (Phi) is 3.43. The van der Waals surface area contributed by atoms with Gasteiger partial charge in [-0.25, -0.2) is 4.39 Å².